The quantitative estimate of drug-likeness (QED) is 0.903. The Morgan fingerprint density at radius 1 is 1.35 bits per heavy atom. The summed E-state index contributed by atoms with van der Waals surface area (Å²) in [4.78, 5) is 11.8. The number of halogens is 2. The van der Waals surface area contributed by atoms with Crippen molar-refractivity contribution in [1.29, 1.82) is 0 Å². The van der Waals surface area contributed by atoms with Crippen LogP contribution in [0.25, 0.3) is 0 Å². The normalized spacial score (nSPS) is 20.8. The van der Waals surface area contributed by atoms with Crippen molar-refractivity contribution < 1.29 is 13.2 Å². The van der Waals surface area contributed by atoms with Gasteiger partial charge in [-0.1, -0.05) is 23.2 Å². The number of amides is 1. The van der Waals surface area contributed by atoms with Crippen molar-refractivity contribution in [2.45, 2.75) is 11.7 Å². The van der Waals surface area contributed by atoms with Gasteiger partial charge in [-0.2, -0.15) is 0 Å². The molecule has 1 atom stereocenters. The third-order valence-electron chi connectivity index (χ3n) is 2.84. The minimum absolute atomic E-state index is 0.0135. The van der Waals surface area contributed by atoms with E-state index in [-0.39, 0.29) is 28.4 Å². The molecule has 1 aliphatic heterocycles. The van der Waals surface area contributed by atoms with Gasteiger partial charge in [0.1, 0.15) is 0 Å². The molecule has 0 aliphatic carbocycles. The standard InChI is InChI=1S/C12H13Cl2NO3S2/c13-10-2-1-8(5-11(10)14)15-12(16)6-19-9-3-4-20(17,18)7-9/h1-2,5,9H,3-4,6-7H2,(H,15,16). The lowest BCUT2D eigenvalue weighted by atomic mass is 10.3. The summed E-state index contributed by atoms with van der Waals surface area (Å²) in [5.74, 6) is 0.426. The van der Waals surface area contributed by atoms with Gasteiger partial charge < -0.3 is 5.32 Å². The topological polar surface area (TPSA) is 63.2 Å². The monoisotopic (exact) mass is 353 g/mol. The summed E-state index contributed by atoms with van der Waals surface area (Å²) in [6, 6.07) is 4.85. The van der Waals surface area contributed by atoms with E-state index >= 15 is 0 Å². The van der Waals surface area contributed by atoms with Crippen molar-refractivity contribution in [3.63, 3.8) is 0 Å². The maximum absolute atomic E-state index is 11.8. The number of hydrogen-bond acceptors (Lipinski definition) is 4. The SMILES string of the molecule is O=C(CSC1CCS(=O)(=O)C1)Nc1ccc(Cl)c(Cl)c1. The molecule has 110 valence electrons. The number of benzene rings is 1. The largest absolute Gasteiger partial charge is 0.325 e. The molecule has 0 saturated carbocycles. The lowest BCUT2D eigenvalue weighted by molar-refractivity contribution is -0.113. The molecule has 1 aliphatic rings. The van der Waals surface area contributed by atoms with Gasteiger partial charge in [0.05, 0.1) is 27.3 Å². The van der Waals surface area contributed by atoms with Gasteiger partial charge in [0.2, 0.25) is 5.91 Å². The highest BCUT2D eigenvalue weighted by Gasteiger charge is 2.28. The number of carbonyl (C=O) groups is 1. The van der Waals surface area contributed by atoms with Gasteiger partial charge in [-0.15, -0.1) is 11.8 Å². The Labute approximate surface area is 132 Å². The highest BCUT2D eigenvalue weighted by Crippen LogP contribution is 2.26. The second kappa shape index (κ2) is 6.56. The van der Waals surface area contributed by atoms with Gasteiger partial charge in [-0.25, -0.2) is 8.42 Å². The highest BCUT2D eigenvalue weighted by molar-refractivity contribution is 8.02. The smallest absolute Gasteiger partial charge is 0.234 e. The zero-order valence-corrected chi connectivity index (χ0v) is 13.6. The number of rotatable bonds is 4. The molecule has 0 bridgehead atoms. The lowest BCUT2D eigenvalue weighted by Gasteiger charge is -2.09. The molecule has 0 aromatic heterocycles. The van der Waals surface area contributed by atoms with E-state index in [0.29, 0.717) is 22.2 Å². The van der Waals surface area contributed by atoms with Crippen LogP contribution in [0.2, 0.25) is 10.0 Å². The van der Waals surface area contributed by atoms with E-state index < -0.39 is 9.84 Å². The van der Waals surface area contributed by atoms with Crippen molar-refractivity contribution in [3.05, 3.63) is 28.2 Å². The van der Waals surface area contributed by atoms with Gasteiger partial charge in [0.15, 0.2) is 9.84 Å². The van der Waals surface area contributed by atoms with Crippen LogP contribution in [0.4, 0.5) is 5.69 Å². The fourth-order valence-electron chi connectivity index (χ4n) is 1.86. The summed E-state index contributed by atoms with van der Waals surface area (Å²) < 4.78 is 22.6. The van der Waals surface area contributed by atoms with Crippen LogP contribution in [0.5, 0.6) is 0 Å². The molecule has 1 heterocycles. The van der Waals surface area contributed by atoms with Crippen LogP contribution in [0.1, 0.15) is 6.42 Å². The summed E-state index contributed by atoms with van der Waals surface area (Å²) in [5, 5.41) is 3.52. The zero-order valence-electron chi connectivity index (χ0n) is 10.4. The molecule has 1 aromatic rings. The van der Waals surface area contributed by atoms with Crippen LogP contribution < -0.4 is 5.32 Å². The average molecular weight is 354 g/mol. The van der Waals surface area contributed by atoms with Crippen molar-refractivity contribution in [2.75, 3.05) is 22.6 Å². The molecule has 1 aromatic carbocycles. The predicted molar refractivity (Wildman–Crippen MR) is 84.6 cm³/mol. The van der Waals surface area contributed by atoms with E-state index in [1.165, 1.54) is 11.8 Å². The van der Waals surface area contributed by atoms with Crippen LogP contribution in [-0.4, -0.2) is 36.8 Å². The Morgan fingerprint density at radius 3 is 2.70 bits per heavy atom. The first-order chi connectivity index (χ1) is 9.35. The van der Waals surface area contributed by atoms with Crippen LogP contribution in [-0.2, 0) is 14.6 Å². The van der Waals surface area contributed by atoms with Crippen molar-refractivity contribution in [3.8, 4) is 0 Å². The summed E-state index contributed by atoms with van der Waals surface area (Å²) >= 11 is 13.0. The summed E-state index contributed by atoms with van der Waals surface area (Å²) in [6.07, 6.45) is 0.618. The van der Waals surface area contributed by atoms with Crippen LogP contribution in [0.3, 0.4) is 0 Å². The van der Waals surface area contributed by atoms with Crippen molar-refractivity contribution in [2.24, 2.45) is 0 Å². The number of anilines is 1. The summed E-state index contributed by atoms with van der Waals surface area (Å²) in [5.41, 5.74) is 0.573. The van der Waals surface area contributed by atoms with Gasteiger partial charge in [-0.05, 0) is 24.6 Å². The molecule has 4 nitrogen and oxygen atoms in total. The maximum Gasteiger partial charge on any atom is 0.234 e. The Kier molecular flexibility index (Phi) is 5.23. The van der Waals surface area contributed by atoms with Crippen LogP contribution in [0.15, 0.2) is 18.2 Å². The van der Waals surface area contributed by atoms with E-state index in [4.69, 9.17) is 23.2 Å². The molecule has 0 spiro atoms. The van der Waals surface area contributed by atoms with Crippen LogP contribution >= 0.6 is 35.0 Å². The highest BCUT2D eigenvalue weighted by atomic mass is 35.5. The molecule has 8 heteroatoms. The van der Waals surface area contributed by atoms with E-state index in [1.54, 1.807) is 18.2 Å². The molecule has 1 N–H and O–H groups in total. The average Bonchev–Trinajstić information content (AvgIpc) is 2.71. The molecule has 20 heavy (non-hydrogen) atoms. The molecule has 2 rings (SSSR count). The van der Waals surface area contributed by atoms with E-state index in [2.05, 4.69) is 5.32 Å². The summed E-state index contributed by atoms with van der Waals surface area (Å²) in [7, 11) is -2.90. The number of nitrogens with one attached hydrogen (secondary N) is 1. The number of sulfone groups is 1. The predicted octanol–water partition coefficient (Wildman–Crippen LogP) is 2.85. The van der Waals surface area contributed by atoms with E-state index in [9.17, 15) is 13.2 Å². The van der Waals surface area contributed by atoms with Crippen molar-refractivity contribution in [1.82, 2.24) is 0 Å². The molecule has 1 amide bonds. The van der Waals surface area contributed by atoms with Crippen LogP contribution in [0, 0.1) is 0 Å². The van der Waals surface area contributed by atoms with Gasteiger partial charge in [0.25, 0.3) is 0 Å². The fraction of sp³-hybridized carbons (Fsp3) is 0.417. The fourth-order valence-corrected chi connectivity index (χ4v) is 5.60. The Morgan fingerprint density at radius 2 is 2.10 bits per heavy atom. The Balaban J connectivity index is 1.82. The Hall–Kier alpha value is -0.430. The number of hydrogen-bond donors (Lipinski definition) is 1. The zero-order chi connectivity index (χ0) is 14.8. The third kappa shape index (κ3) is 4.55. The minimum Gasteiger partial charge on any atom is -0.325 e. The first-order valence-electron chi connectivity index (χ1n) is 5.93. The Bertz CT molecular complexity index is 619. The molecule has 1 unspecified atom stereocenters. The first-order valence-corrected chi connectivity index (χ1v) is 9.55. The minimum atomic E-state index is -2.90. The van der Waals surface area contributed by atoms with Crippen molar-refractivity contribution >= 4 is 56.4 Å². The molecular weight excluding hydrogens is 341 g/mol. The lowest BCUT2D eigenvalue weighted by Crippen LogP contribution is -2.17. The van der Waals surface area contributed by atoms with Gasteiger partial charge in [0, 0.05) is 10.9 Å². The van der Waals surface area contributed by atoms with Gasteiger partial charge in [-0.3, -0.25) is 4.79 Å². The third-order valence-corrected chi connectivity index (χ3v) is 6.86. The molecule has 0 radical (unpaired) electrons. The second-order valence-electron chi connectivity index (χ2n) is 4.51. The number of thioether (sulfide) groups is 1. The van der Waals surface area contributed by atoms with E-state index in [0.717, 1.165) is 0 Å². The van der Waals surface area contributed by atoms with E-state index in [1.807, 2.05) is 0 Å². The molecular formula is C12H13Cl2NO3S2. The second-order valence-corrected chi connectivity index (χ2v) is 8.84. The maximum atomic E-state index is 11.8. The molecule has 1 fully saturated rings. The summed E-state index contributed by atoms with van der Waals surface area (Å²) in [6.45, 7) is 0. The molecule has 1 saturated heterocycles. The first kappa shape index (κ1) is 15.9. The van der Waals surface area contributed by atoms with Gasteiger partial charge >= 0.3 is 0 Å². The number of carbonyl (C=O) groups excluding carboxylic acids is 1.